The third-order valence-electron chi connectivity index (χ3n) is 4.48. The number of rotatable bonds is 7. The molecule has 0 aromatic heterocycles. The molecule has 156 valence electrons. The summed E-state index contributed by atoms with van der Waals surface area (Å²) in [5.41, 5.74) is 5.21. The van der Waals surface area contributed by atoms with Gasteiger partial charge in [0.05, 0.1) is 11.1 Å². The first kappa shape index (κ1) is 21.0. The Bertz CT molecular complexity index is 942. The van der Waals surface area contributed by atoms with Gasteiger partial charge in [0.15, 0.2) is 6.10 Å². The lowest BCUT2D eigenvalue weighted by molar-refractivity contribution is -0.132. The first-order valence-corrected chi connectivity index (χ1v) is 9.33. The van der Waals surface area contributed by atoms with Gasteiger partial charge in [-0.15, -0.1) is 0 Å². The summed E-state index contributed by atoms with van der Waals surface area (Å²) in [4.78, 5) is 49.5. The quantitative estimate of drug-likeness (QED) is 0.532. The number of amides is 4. The molecule has 3 rings (SSSR count). The molecule has 1 aliphatic heterocycles. The molecular formula is C21H20FN3O5. The molecule has 1 atom stereocenters. The van der Waals surface area contributed by atoms with Gasteiger partial charge in [-0.3, -0.25) is 34.9 Å². The summed E-state index contributed by atoms with van der Waals surface area (Å²) >= 11 is 0. The van der Waals surface area contributed by atoms with Crippen molar-refractivity contribution in [3.05, 3.63) is 65.5 Å². The van der Waals surface area contributed by atoms with Crippen LogP contribution in [0.3, 0.4) is 0 Å². The number of ether oxygens (including phenoxy) is 1. The molecule has 0 spiro atoms. The Balaban J connectivity index is 1.39. The number of carbonyl (C=O) groups excluding carboxylic acids is 4. The third kappa shape index (κ3) is 4.80. The van der Waals surface area contributed by atoms with Crippen molar-refractivity contribution in [3.63, 3.8) is 0 Å². The minimum Gasteiger partial charge on any atom is -0.481 e. The zero-order valence-electron chi connectivity index (χ0n) is 16.2. The van der Waals surface area contributed by atoms with Gasteiger partial charge in [0, 0.05) is 13.0 Å². The zero-order chi connectivity index (χ0) is 21.7. The first-order valence-electron chi connectivity index (χ1n) is 9.33. The summed E-state index contributed by atoms with van der Waals surface area (Å²) in [6.45, 7) is 1.57. The Morgan fingerprint density at radius 3 is 2.20 bits per heavy atom. The number of nitrogens with zero attached hydrogens (tertiary/aromatic N) is 1. The lowest BCUT2D eigenvalue weighted by Gasteiger charge is -2.16. The van der Waals surface area contributed by atoms with Crippen LogP contribution in [0.2, 0.25) is 0 Å². The molecule has 0 fully saturated rings. The smallest absolute Gasteiger partial charge is 0.279 e. The van der Waals surface area contributed by atoms with Crippen LogP contribution in [0.15, 0.2) is 48.5 Å². The molecule has 0 aliphatic carbocycles. The molecule has 2 aromatic rings. The third-order valence-corrected chi connectivity index (χ3v) is 4.48. The maximum absolute atomic E-state index is 12.9. The van der Waals surface area contributed by atoms with E-state index < -0.39 is 23.7 Å². The van der Waals surface area contributed by atoms with E-state index in [9.17, 15) is 23.6 Å². The Labute approximate surface area is 172 Å². The average Bonchev–Trinajstić information content (AvgIpc) is 2.98. The van der Waals surface area contributed by atoms with Gasteiger partial charge in [0.1, 0.15) is 11.6 Å². The van der Waals surface area contributed by atoms with Crippen molar-refractivity contribution in [1.82, 2.24) is 15.8 Å². The molecule has 8 nitrogen and oxygen atoms in total. The van der Waals surface area contributed by atoms with Gasteiger partial charge in [0.2, 0.25) is 5.91 Å². The van der Waals surface area contributed by atoms with E-state index in [4.69, 9.17) is 4.74 Å². The second kappa shape index (κ2) is 9.17. The van der Waals surface area contributed by atoms with Crippen molar-refractivity contribution in [2.75, 3.05) is 6.54 Å². The van der Waals surface area contributed by atoms with Crippen LogP contribution in [-0.2, 0) is 9.59 Å². The first-order chi connectivity index (χ1) is 14.4. The number of fused-ring (bicyclic) bond motifs is 1. The van der Waals surface area contributed by atoms with Gasteiger partial charge in [-0.1, -0.05) is 12.1 Å². The molecule has 2 N–H and O–H groups in total. The summed E-state index contributed by atoms with van der Waals surface area (Å²) in [7, 11) is 0. The molecule has 0 bridgehead atoms. The molecule has 0 saturated heterocycles. The number of hydrazine groups is 1. The van der Waals surface area contributed by atoms with Crippen LogP contribution >= 0.6 is 0 Å². The second-order valence-corrected chi connectivity index (χ2v) is 6.66. The van der Waals surface area contributed by atoms with Gasteiger partial charge in [0.25, 0.3) is 17.7 Å². The fourth-order valence-electron chi connectivity index (χ4n) is 2.91. The van der Waals surface area contributed by atoms with E-state index in [2.05, 4.69) is 10.9 Å². The highest BCUT2D eigenvalue weighted by Crippen LogP contribution is 2.22. The highest BCUT2D eigenvalue weighted by atomic mass is 19.1. The molecule has 30 heavy (non-hydrogen) atoms. The normalized spacial score (nSPS) is 13.6. The molecule has 0 saturated carbocycles. The maximum Gasteiger partial charge on any atom is 0.279 e. The summed E-state index contributed by atoms with van der Waals surface area (Å²) in [5.74, 6) is -1.94. The van der Waals surface area contributed by atoms with E-state index in [1.807, 2.05) is 0 Å². The Kier molecular flexibility index (Phi) is 6.41. The van der Waals surface area contributed by atoms with Gasteiger partial charge in [-0.2, -0.15) is 0 Å². The number of hydrogen-bond acceptors (Lipinski definition) is 5. The molecule has 1 aliphatic rings. The van der Waals surface area contributed by atoms with Gasteiger partial charge < -0.3 is 4.74 Å². The Hall–Kier alpha value is -3.75. The SMILES string of the molecule is C[C@@H](Oc1ccc(F)cc1)C(=O)NNC(=O)CCCN1C(=O)c2ccccc2C1=O. The molecular weight excluding hydrogens is 393 g/mol. The molecule has 2 aromatic carbocycles. The van der Waals surface area contributed by atoms with Crippen LogP contribution in [0, 0.1) is 5.82 Å². The van der Waals surface area contributed by atoms with Crippen molar-refractivity contribution in [1.29, 1.82) is 0 Å². The van der Waals surface area contributed by atoms with Crippen molar-refractivity contribution in [2.24, 2.45) is 0 Å². The average molecular weight is 413 g/mol. The number of carbonyl (C=O) groups is 4. The van der Waals surface area contributed by atoms with Gasteiger partial charge in [-0.25, -0.2) is 4.39 Å². The van der Waals surface area contributed by atoms with E-state index in [0.717, 1.165) is 4.90 Å². The van der Waals surface area contributed by atoms with Crippen molar-refractivity contribution >= 4 is 23.6 Å². The van der Waals surface area contributed by atoms with Crippen molar-refractivity contribution < 1.29 is 28.3 Å². The minimum atomic E-state index is -0.922. The molecule has 1 heterocycles. The highest BCUT2D eigenvalue weighted by molar-refractivity contribution is 6.21. The predicted molar refractivity (Wildman–Crippen MR) is 104 cm³/mol. The molecule has 0 radical (unpaired) electrons. The molecule has 9 heteroatoms. The van der Waals surface area contributed by atoms with Crippen molar-refractivity contribution in [2.45, 2.75) is 25.9 Å². The van der Waals surface area contributed by atoms with E-state index in [1.54, 1.807) is 24.3 Å². The number of benzene rings is 2. The fraction of sp³-hybridized carbons (Fsp3) is 0.238. The van der Waals surface area contributed by atoms with Crippen LogP contribution in [0.1, 0.15) is 40.5 Å². The minimum absolute atomic E-state index is 0.000878. The van der Waals surface area contributed by atoms with Gasteiger partial charge >= 0.3 is 0 Å². The maximum atomic E-state index is 12.9. The van der Waals surface area contributed by atoms with Gasteiger partial charge in [-0.05, 0) is 49.7 Å². The van der Waals surface area contributed by atoms with E-state index in [0.29, 0.717) is 16.9 Å². The summed E-state index contributed by atoms with van der Waals surface area (Å²) in [6.07, 6.45) is -0.676. The van der Waals surface area contributed by atoms with E-state index in [1.165, 1.54) is 31.2 Å². The standard InChI is InChI=1S/C21H20FN3O5/c1-13(30-15-10-8-14(22)9-11-15)19(27)24-23-18(26)7-4-12-25-20(28)16-5-2-3-6-17(16)21(25)29/h2-3,5-6,8-11,13H,4,7,12H2,1H3,(H,23,26)(H,24,27)/t13-/m1/s1. The lowest BCUT2D eigenvalue weighted by atomic mass is 10.1. The number of nitrogens with one attached hydrogen (secondary N) is 2. The second-order valence-electron chi connectivity index (χ2n) is 6.66. The van der Waals surface area contributed by atoms with Crippen LogP contribution in [0.4, 0.5) is 4.39 Å². The Morgan fingerprint density at radius 2 is 1.60 bits per heavy atom. The van der Waals surface area contributed by atoms with E-state index in [-0.39, 0.29) is 31.2 Å². The van der Waals surface area contributed by atoms with Crippen molar-refractivity contribution in [3.8, 4) is 5.75 Å². The fourth-order valence-corrected chi connectivity index (χ4v) is 2.91. The topological polar surface area (TPSA) is 105 Å². The van der Waals surface area contributed by atoms with Crippen LogP contribution in [0.25, 0.3) is 0 Å². The Morgan fingerprint density at radius 1 is 1.00 bits per heavy atom. The van der Waals surface area contributed by atoms with Crippen LogP contribution < -0.4 is 15.6 Å². The predicted octanol–water partition coefficient (Wildman–Crippen LogP) is 1.82. The number of halogens is 1. The highest BCUT2D eigenvalue weighted by Gasteiger charge is 2.34. The van der Waals surface area contributed by atoms with Crippen LogP contribution in [-0.4, -0.2) is 41.2 Å². The van der Waals surface area contributed by atoms with Crippen LogP contribution in [0.5, 0.6) is 5.75 Å². The zero-order valence-corrected chi connectivity index (χ0v) is 16.2. The summed E-state index contributed by atoms with van der Waals surface area (Å²) < 4.78 is 18.2. The largest absolute Gasteiger partial charge is 0.481 e. The molecule has 0 unspecified atom stereocenters. The molecule has 4 amide bonds. The lowest BCUT2D eigenvalue weighted by Crippen LogP contribution is -2.47. The summed E-state index contributed by atoms with van der Waals surface area (Å²) in [5, 5.41) is 0. The monoisotopic (exact) mass is 413 g/mol. The number of hydrogen-bond donors (Lipinski definition) is 2. The van der Waals surface area contributed by atoms with E-state index >= 15 is 0 Å². The number of imide groups is 1. The summed E-state index contributed by atoms with van der Waals surface area (Å²) in [6, 6.07) is 11.7.